The molecular formula is C20H22FN3O2. The molecule has 0 bridgehead atoms. The molecule has 1 saturated heterocycles. The van der Waals surface area contributed by atoms with Gasteiger partial charge in [-0.3, -0.25) is 9.59 Å². The first-order chi connectivity index (χ1) is 12.5. The van der Waals surface area contributed by atoms with E-state index in [0.717, 1.165) is 35.3 Å². The molecule has 0 unspecified atom stereocenters. The van der Waals surface area contributed by atoms with Crippen LogP contribution in [-0.4, -0.2) is 47.8 Å². The molecule has 1 fully saturated rings. The fourth-order valence-electron chi connectivity index (χ4n) is 3.97. The van der Waals surface area contributed by atoms with E-state index in [2.05, 4.69) is 9.88 Å². The lowest BCUT2D eigenvalue weighted by molar-refractivity contribution is 0.0740. The van der Waals surface area contributed by atoms with Gasteiger partial charge in [0.05, 0.1) is 0 Å². The first-order valence-electron chi connectivity index (χ1n) is 9.09. The van der Waals surface area contributed by atoms with Gasteiger partial charge in [0.25, 0.3) is 5.91 Å². The number of H-pyrrole nitrogens is 1. The third-order valence-electron chi connectivity index (χ3n) is 5.41. The SMILES string of the molecule is Cc1c(C(=O)N2CCN(c3ccc(F)cc3)CC2)[nH]c2c1C(=O)CCC2. The molecule has 136 valence electrons. The highest BCUT2D eigenvalue weighted by molar-refractivity contribution is 6.04. The van der Waals surface area contributed by atoms with Crippen molar-refractivity contribution in [2.24, 2.45) is 0 Å². The minimum absolute atomic E-state index is 0.0385. The van der Waals surface area contributed by atoms with Gasteiger partial charge in [0.2, 0.25) is 0 Å². The quantitative estimate of drug-likeness (QED) is 0.901. The van der Waals surface area contributed by atoms with E-state index < -0.39 is 0 Å². The number of halogens is 1. The number of hydrogen-bond acceptors (Lipinski definition) is 3. The largest absolute Gasteiger partial charge is 0.368 e. The molecule has 1 aromatic carbocycles. The number of nitrogens with one attached hydrogen (secondary N) is 1. The molecule has 1 aliphatic heterocycles. The van der Waals surface area contributed by atoms with E-state index in [0.29, 0.717) is 38.3 Å². The van der Waals surface area contributed by atoms with Crippen molar-refractivity contribution in [3.63, 3.8) is 0 Å². The van der Waals surface area contributed by atoms with E-state index in [9.17, 15) is 14.0 Å². The first kappa shape index (κ1) is 16.8. The first-order valence-corrected chi connectivity index (χ1v) is 9.09. The van der Waals surface area contributed by atoms with Crippen LogP contribution in [0.5, 0.6) is 0 Å². The average Bonchev–Trinajstić information content (AvgIpc) is 3.00. The summed E-state index contributed by atoms with van der Waals surface area (Å²) in [5.41, 5.74) is 3.95. The van der Waals surface area contributed by atoms with Crippen molar-refractivity contribution in [2.75, 3.05) is 31.1 Å². The highest BCUT2D eigenvalue weighted by Gasteiger charge is 2.29. The molecule has 0 radical (unpaired) electrons. The van der Waals surface area contributed by atoms with E-state index in [1.165, 1.54) is 12.1 Å². The third kappa shape index (κ3) is 2.89. The molecule has 0 spiro atoms. The molecular weight excluding hydrogens is 333 g/mol. The number of nitrogens with zero attached hydrogens (tertiary/aromatic N) is 2. The van der Waals surface area contributed by atoms with Crippen LogP contribution in [0.3, 0.4) is 0 Å². The number of amides is 1. The Morgan fingerprint density at radius 3 is 2.42 bits per heavy atom. The van der Waals surface area contributed by atoms with Crippen LogP contribution in [0.4, 0.5) is 10.1 Å². The predicted molar refractivity (Wildman–Crippen MR) is 97.3 cm³/mol. The predicted octanol–water partition coefficient (Wildman–Crippen LogP) is 2.94. The average molecular weight is 355 g/mol. The Morgan fingerprint density at radius 1 is 1.08 bits per heavy atom. The Labute approximate surface area is 151 Å². The lowest BCUT2D eigenvalue weighted by Crippen LogP contribution is -2.49. The number of aromatic amines is 1. The van der Waals surface area contributed by atoms with Gasteiger partial charge in [-0.1, -0.05) is 0 Å². The van der Waals surface area contributed by atoms with E-state index in [1.807, 2.05) is 11.8 Å². The molecule has 1 aliphatic carbocycles. The maximum Gasteiger partial charge on any atom is 0.270 e. The van der Waals surface area contributed by atoms with Gasteiger partial charge in [-0.15, -0.1) is 0 Å². The number of ketones is 1. The summed E-state index contributed by atoms with van der Waals surface area (Å²) < 4.78 is 13.1. The number of aromatic nitrogens is 1. The molecule has 1 N–H and O–H groups in total. The lowest BCUT2D eigenvalue weighted by Gasteiger charge is -2.36. The molecule has 26 heavy (non-hydrogen) atoms. The van der Waals surface area contributed by atoms with Gasteiger partial charge in [-0.25, -0.2) is 4.39 Å². The van der Waals surface area contributed by atoms with Gasteiger partial charge in [0, 0.05) is 49.5 Å². The number of carbonyl (C=O) groups excluding carboxylic acids is 2. The van der Waals surface area contributed by atoms with E-state index >= 15 is 0 Å². The molecule has 6 heteroatoms. The Balaban J connectivity index is 1.47. The number of anilines is 1. The van der Waals surface area contributed by atoms with Crippen LogP contribution in [0, 0.1) is 12.7 Å². The van der Waals surface area contributed by atoms with Crippen LogP contribution in [0.1, 0.15) is 44.9 Å². The van der Waals surface area contributed by atoms with Gasteiger partial charge >= 0.3 is 0 Å². The van der Waals surface area contributed by atoms with Gasteiger partial charge in [0.1, 0.15) is 11.5 Å². The number of hydrogen-bond donors (Lipinski definition) is 1. The highest BCUT2D eigenvalue weighted by atomic mass is 19.1. The monoisotopic (exact) mass is 355 g/mol. The second-order valence-electron chi connectivity index (χ2n) is 7.01. The second kappa shape index (κ2) is 6.59. The fourth-order valence-corrected chi connectivity index (χ4v) is 3.97. The van der Waals surface area contributed by atoms with Crippen molar-refractivity contribution >= 4 is 17.4 Å². The number of rotatable bonds is 2. The minimum Gasteiger partial charge on any atom is -0.368 e. The summed E-state index contributed by atoms with van der Waals surface area (Å²) in [6.07, 6.45) is 2.24. The number of aryl methyl sites for hydroxylation is 1. The molecule has 5 nitrogen and oxygen atoms in total. The molecule has 4 rings (SSSR count). The molecule has 2 aliphatic rings. The minimum atomic E-state index is -0.247. The summed E-state index contributed by atoms with van der Waals surface area (Å²) in [5, 5.41) is 0. The molecule has 2 aromatic rings. The number of Topliss-reactive ketones (excluding diaryl/α,β-unsaturated/α-hetero) is 1. The Hall–Kier alpha value is -2.63. The Bertz CT molecular complexity index is 849. The van der Waals surface area contributed by atoms with Crippen molar-refractivity contribution < 1.29 is 14.0 Å². The summed E-state index contributed by atoms with van der Waals surface area (Å²) >= 11 is 0. The van der Waals surface area contributed by atoms with Crippen LogP contribution >= 0.6 is 0 Å². The highest BCUT2D eigenvalue weighted by Crippen LogP contribution is 2.27. The molecule has 1 aromatic heterocycles. The summed E-state index contributed by atoms with van der Waals surface area (Å²) in [6.45, 7) is 4.48. The zero-order chi connectivity index (χ0) is 18.3. The fraction of sp³-hybridized carbons (Fsp3) is 0.400. The number of fused-ring (bicyclic) bond motifs is 1. The second-order valence-corrected chi connectivity index (χ2v) is 7.01. The van der Waals surface area contributed by atoms with Crippen LogP contribution in [0.2, 0.25) is 0 Å². The molecule has 0 saturated carbocycles. The van der Waals surface area contributed by atoms with Crippen molar-refractivity contribution in [1.82, 2.24) is 9.88 Å². The maximum atomic E-state index is 13.1. The van der Waals surface area contributed by atoms with Gasteiger partial charge in [-0.05, 0) is 49.6 Å². The number of piperazine rings is 1. The summed E-state index contributed by atoms with van der Waals surface area (Å²) in [7, 11) is 0. The number of carbonyl (C=O) groups is 2. The number of benzene rings is 1. The van der Waals surface area contributed by atoms with E-state index in [1.54, 1.807) is 12.1 Å². The van der Waals surface area contributed by atoms with Crippen LogP contribution < -0.4 is 4.90 Å². The zero-order valence-corrected chi connectivity index (χ0v) is 14.8. The zero-order valence-electron chi connectivity index (χ0n) is 14.8. The molecule has 0 atom stereocenters. The molecule has 1 amide bonds. The Kier molecular flexibility index (Phi) is 4.26. The molecule has 2 heterocycles. The van der Waals surface area contributed by atoms with Crippen molar-refractivity contribution in [3.8, 4) is 0 Å². The summed E-state index contributed by atoms with van der Waals surface area (Å²) in [5.74, 6) is -0.146. The van der Waals surface area contributed by atoms with Crippen molar-refractivity contribution in [2.45, 2.75) is 26.2 Å². The van der Waals surface area contributed by atoms with Crippen LogP contribution in [0.25, 0.3) is 0 Å². The standard InChI is InChI=1S/C20H22FN3O2/c1-13-18-16(3-2-4-17(18)25)22-19(13)20(26)24-11-9-23(10-12-24)15-7-5-14(21)6-8-15/h5-8,22H,2-4,9-12H2,1H3. The van der Waals surface area contributed by atoms with Crippen molar-refractivity contribution in [3.05, 3.63) is 52.6 Å². The van der Waals surface area contributed by atoms with Crippen molar-refractivity contribution in [1.29, 1.82) is 0 Å². The Morgan fingerprint density at radius 2 is 1.77 bits per heavy atom. The maximum absolute atomic E-state index is 13.1. The summed E-state index contributed by atoms with van der Waals surface area (Å²) in [6, 6.07) is 6.44. The summed E-state index contributed by atoms with van der Waals surface area (Å²) in [4.78, 5) is 32.3. The van der Waals surface area contributed by atoms with E-state index in [4.69, 9.17) is 0 Å². The van der Waals surface area contributed by atoms with Crippen LogP contribution in [0.15, 0.2) is 24.3 Å². The third-order valence-corrected chi connectivity index (χ3v) is 5.41. The topological polar surface area (TPSA) is 56.4 Å². The van der Waals surface area contributed by atoms with Gasteiger partial charge < -0.3 is 14.8 Å². The van der Waals surface area contributed by atoms with Gasteiger partial charge in [0.15, 0.2) is 5.78 Å². The van der Waals surface area contributed by atoms with Gasteiger partial charge in [-0.2, -0.15) is 0 Å². The van der Waals surface area contributed by atoms with E-state index in [-0.39, 0.29) is 17.5 Å². The van der Waals surface area contributed by atoms with Crippen LogP contribution in [-0.2, 0) is 6.42 Å². The lowest BCUT2D eigenvalue weighted by atomic mass is 9.93. The normalized spacial score (nSPS) is 17.4. The smallest absolute Gasteiger partial charge is 0.270 e.